The molecule has 1 rings (SSSR count). The minimum Gasteiger partial charge on any atom is -0.383 e. The fourth-order valence-electron chi connectivity index (χ4n) is 1.60. The van der Waals surface area contributed by atoms with Crippen LogP contribution in [0.4, 0.5) is 0 Å². The molecule has 0 saturated carbocycles. The maximum atomic E-state index is 5.58. The summed E-state index contributed by atoms with van der Waals surface area (Å²) in [6.45, 7) is 7.45. The highest BCUT2D eigenvalue weighted by Gasteiger charge is 2.05. The Kier molecular flexibility index (Phi) is 6.47. The maximum absolute atomic E-state index is 5.58. The van der Waals surface area contributed by atoms with Crippen LogP contribution in [-0.2, 0) is 17.8 Å². The largest absolute Gasteiger partial charge is 0.383 e. The van der Waals surface area contributed by atoms with Crippen molar-refractivity contribution in [2.24, 2.45) is 5.73 Å². The summed E-state index contributed by atoms with van der Waals surface area (Å²) in [6.07, 6.45) is 1.89. The first kappa shape index (κ1) is 13.8. The molecule has 2 N–H and O–H groups in total. The van der Waals surface area contributed by atoms with Crippen LogP contribution in [0.2, 0.25) is 0 Å². The zero-order valence-electron chi connectivity index (χ0n) is 10.4. The third-order valence-corrected chi connectivity index (χ3v) is 2.46. The summed E-state index contributed by atoms with van der Waals surface area (Å²) in [7, 11) is 1.71. The van der Waals surface area contributed by atoms with Gasteiger partial charge in [0.05, 0.1) is 18.0 Å². The Hall–Kier alpha value is -1.23. The number of rotatable bonds is 8. The second-order valence-corrected chi connectivity index (χ2v) is 3.84. The molecule has 0 unspecified atom stereocenters. The van der Waals surface area contributed by atoms with E-state index in [0.29, 0.717) is 13.2 Å². The maximum Gasteiger partial charge on any atom is 0.0589 e. The van der Waals surface area contributed by atoms with Crippen molar-refractivity contribution in [3.8, 4) is 0 Å². The number of pyridine rings is 1. The van der Waals surface area contributed by atoms with Gasteiger partial charge in [-0.25, -0.2) is 0 Å². The van der Waals surface area contributed by atoms with Gasteiger partial charge in [-0.05, 0) is 12.1 Å². The van der Waals surface area contributed by atoms with Crippen LogP contribution in [0.3, 0.4) is 0 Å². The summed E-state index contributed by atoms with van der Waals surface area (Å²) >= 11 is 0. The predicted molar refractivity (Wildman–Crippen MR) is 69.5 cm³/mol. The van der Waals surface area contributed by atoms with Gasteiger partial charge in [0.1, 0.15) is 0 Å². The molecule has 0 radical (unpaired) electrons. The summed E-state index contributed by atoms with van der Waals surface area (Å²) in [4.78, 5) is 6.71. The van der Waals surface area contributed by atoms with E-state index < -0.39 is 0 Å². The lowest BCUT2D eigenvalue weighted by Gasteiger charge is -2.19. The van der Waals surface area contributed by atoms with Gasteiger partial charge in [0, 0.05) is 33.3 Å². The molecule has 0 aliphatic heterocycles. The average molecular weight is 235 g/mol. The standard InChI is InChI=1S/C13H21N3O/c1-3-7-16(8-9-17-2)11-13-6-4-5-12(10-14)15-13/h3-6H,1,7-11,14H2,2H3. The first-order valence-electron chi connectivity index (χ1n) is 5.77. The van der Waals surface area contributed by atoms with Crippen LogP contribution in [-0.4, -0.2) is 36.7 Å². The predicted octanol–water partition coefficient (Wildman–Crippen LogP) is 1.17. The zero-order chi connectivity index (χ0) is 12.5. The van der Waals surface area contributed by atoms with E-state index in [9.17, 15) is 0 Å². The topological polar surface area (TPSA) is 51.4 Å². The van der Waals surface area contributed by atoms with E-state index in [4.69, 9.17) is 10.5 Å². The molecule has 0 spiro atoms. The highest BCUT2D eigenvalue weighted by atomic mass is 16.5. The van der Waals surface area contributed by atoms with E-state index >= 15 is 0 Å². The molecule has 0 bridgehead atoms. The molecule has 1 aromatic rings. The Labute approximate surface area is 103 Å². The summed E-state index contributed by atoms with van der Waals surface area (Å²) in [5.41, 5.74) is 7.53. The molecule has 94 valence electrons. The molecule has 0 atom stereocenters. The number of nitrogens with two attached hydrogens (primary N) is 1. The third kappa shape index (κ3) is 5.08. The fourth-order valence-corrected chi connectivity index (χ4v) is 1.60. The van der Waals surface area contributed by atoms with E-state index in [1.54, 1.807) is 7.11 Å². The molecule has 4 nitrogen and oxygen atoms in total. The third-order valence-electron chi connectivity index (χ3n) is 2.46. The Bertz CT molecular complexity index is 341. The van der Waals surface area contributed by atoms with Crippen LogP contribution < -0.4 is 5.73 Å². The monoisotopic (exact) mass is 235 g/mol. The molecule has 0 fully saturated rings. The fraction of sp³-hybridized carbons (Fsp3) is 0.462. The van der Waals surface area contributed by atoms with Crippen LogP contribution in [0, 0.1) is 0 Å². The van der Waals surface area contributed by atoms with Gasteiger partial charge in [-0.3, -0.25) is 9.88 Å². The number of nitrogens with zero attached hydrogens (tertiary/aromatic N) is 2. The van der Waals surface area contributed by atoms with Crippen molar-refractivity contribution in [1.29, 1.82) is 0 Å². The van der Waals surface area contributed by atoms with Gasteiger partial charge in [-0.1, -0.05) is 12.1 Å². The first-order valence-corrected chi connectivity index (χ1v) is 5.77. The van der Waals surface area contributed by atoms with E-state index in [2.05, 4.69) is 16.5 Å². The van der Waals surface area contributed by atoms with Crippen molar-refractivity contribution in [1.82, 2.24) is 9.88 Å². The molecular weight excluding hydrogens is 214 g/mol. The summed E-state index contributed by atoms with van der Waals surface area (Å²) in [5, 5.41) is 0. The molecule has 4 heteroatoms. The molecule has 0 aliphatic carbocycles. The molecule has 0 amide bonds. The van der Waals surface area contributed by atoms with Crippen molar-refractivity contribution < 1.29 is 4.74 Å². The van der Waals surface area contributed by atoms with Gasteiger partial charge in [-0.15, -0.1) is 6.58 Å². The Morgan fingerprint density at radius 2 is 2.24 bits per heavy atom. The highest BCUT2D eigenvalue weighted by Crippen LogP contribution is 2.03. The second kappa shape index (κ2) is 7.95. The minimum atomic E-state index is 0.480. The smallest absolute Gasteiger partial charge is 0.0589 e. The second-order valence-electron chi connectivity index (χ2n) is 3.84. The zero-order valence-corrected chi connectivity index (χ0v) is 10.4. The molecule has 1 aromatic heterocycles. The molecule has 0 aromatic carbocycles. The summed E-state index contributed by atoms with van der Waals surface area (Å²) in [6, 6.07) is 5.95. The van der Waals surface area contributed by atoms with E-state index in [-0.39, 0.29) is 0 Å². The molecular formula is C13H21N3O. The van der Waals surface area contributed by atoms with Crippen molar-refractivity contribution >= 4 is 0 Å². The lowest BCUT2D eigenvalue weighted by atomic mass is 10.3. The van der Waals surface area contributed by atoms with E-state index in [0.717, 1.165) is 31.0 Å². The Morgan fingerprint density at radius 1 is 1.47 bits per heavy atom. The van der Waals surface area contributed by atoms with Crippen molar-refractivity contribution in [2.45, 2.75) is 13.1 Å². The SMILES string of the molecule is C=CCN(CCOC)Cc1cccc(CN)n1. The van der Waals surface area contributed by atoms with E-state index in [1.807, 2.05) is 24.3 Å². The van der Waals surface area contributed by atoms with Gasteiger partial charge in [0.2, 0.25) is 0 Å². The lowest BCUT2D eigenvalue weighted by Crippen LogP contribution is -2.27. The van der Waals surface area contributed by atoms with Crippen molar-refractivity contribution in [2.75, 3.05) is 26.8 Å². The highest BCUT2D eigenvalue weighted by molar-refractivity contribution is 5.11. The van der Waals surface area contributed by atoms with Crippen molar-refractivity contribution in [3.05, 3.63) is 42.2 Å². The number of hydrogen-bond acceptors (Lipinski definition) is 4. The summed E-state index contributed by atoms with van der Waals surface area (Å²) < 4.78 is 5.08. The number of aromatic nitrogens is 1. The molecule has 0 aliphatic rings. The molecule has 17 heavy (non-hydrogen) atoms. The van der Waals surface area contributed by atoms with Crippen LogP contribution in [0.25, 0.3) is 0 Å². The summed E-state index contributed by atoms with van der Waals surface area (Å²) in [5.74, 6) is 0. The van der Waals surface area contributed by atoms with Gasteiger partial charge in [0.25, 0.3) is 0 Å². The first-order chi connectivity index (χ1) is 8.30. The molecule has 0 saturated heterocycles. The van der Waals surface area contributed by atoms with E-state index in [1.165, 1.54) is 0 Å². The van der Waals surface area contributed by atoms with Crippen molar-refractivity contribution in [3.63, 3.8) is 0 Å². The van der Waals surface area contributed by atoms with Crippen LogP contribution >= 0.6 is 0 Å². The van der Waals surface area contributed by atoms with Gasteiger partial charge in [-0.2, -0.15) is 0 Å². The lowest BCUT2D eigenvalue weighted by molar-refractivity contribution is 0.150. The minimum absolute atomic E-state index is 0.480. The molecule has 1 heterocycles. The average Bonchev–Trinajstić information content (AvgIpc) is 2.36. The number of methoxy groups -OCH3 is 1. The van der Waals surface area contributed by atoms with Crippen LogP contribution in [0.5, 0.6) is 0 Å². The van der Waals surface area contributed by atoms with Crippen LogP contribution in [0.15, 0.2) is 30.9 Å². The normalized spacial score (nSPS) is 10.8. The quantitative estimate of drug-likeness (QED) is 0.687. The number of hydrogen-bond donors (Lipinski definition) is 1. The number of ether oxygens (including phenoxy) is 1. The Balaban J connectivity index is 2.60. The van der Waals surface area contributed by atoms with Crippen LogP contribution in [0.1, 0.15) is 11.4 Å². The Morgan fingerprint density at radius 3 is 2.88 bits per heavy atom. The van der Waals surface area contributed by atoms with Gasteiger partial charge < -0.3 is 10.5 Å². The van der Waals surface area contributed by atoms with Gasteiger partial charge >= 0.3 is 0 Å². The van der Waals surface area contributed by atoms with Gasteiger partial charge in [0.15, 0.2) is 0 Å².